The molecule has 0 aromatic heterocycles. The van der Waals surface area contributed by atoms with Crippen molar-refractivity contribution >= 4 is 69.1 Å². The fraction of sp³-hybridized carbons (Fsp3) is 0.105. The molecule has 1 heterocycles. The molecule has 3 rings (SSSR count). The van der Waals surface area contributed by atoms with Gasteiger partial charge in [-0.1, -0.05) is 29.8 Å². The van der Waals surface area contributed by atoms with Crippen LogP contribution in [0.25, 0.3) is 6.08 Å². The highest BCUT2D eigenvalue weighted by Gasteiger charge is 2.27. The Bertz CT molecular complexity index is 940. The van der Waals surface area contributed by atoms with E-state index in [4.69, 9.17) is 4.74 Å². The Morgan fingerprint density at radius 2 is 1.63 bits per heavy atom. The van der Waals surface area contributed by atoms with Crippen molar-refractivity contribution in [3.63, 3.8) is 0 Å². The van der Waals surface area contributed by atoms with Gasteiger partial charge in [0.25, 0.3) is 11.8 Å². The van der Waals surface area contributed by atoms with Gasteiger partial charge in [0, 0.05) is 0 Å². The number of ether oxygens (including phenoxy) is 1. The number of aryl methyl sites for hydroxylation is 1. The summed E-state index contributed by atoms with van der Waals surface area (Å²) in [5.74, 6) is -0.685. The van der Waals surface area contributed by atoms with Gasteiger partial charge in [0.15, 0.2) is 0 Å². The number of hydrogen-bond donors (Lipinski definition) is 2. The summed E-state index contributed by atoms with van der Waals surface area (Å²) >= 11 is 4.31. The van der Waals surface area contributed by atoms with Crippen molar-refractivity contribution in [1.82, 2.24) is 10.6 Å². The molecule has 2 aromatic rings. The second-order valence-electron chi connectivity index (χ2n) is 5.89. The third-order valence-electron chi connectivity index (χ3n) is 3.74. The van der Waals surface area contributed by atoms with Gasteiger partial charge in [0.05, 0.1) is 7.14 Å². The highest BCUT2D eigenvalue weighted by molar-refractivity contribution is 14.1. The van der Waals surface area contributed by atoms with Gasteiger partial charge in [-0.3, -0.25) is 20.2 Å². The number of rotatable bonds is 4. The first-order valence-electron chi connectivity index (χ1n) is 7.89. The van der Waals surface area contributed by atoms with Crippen molar-refractivity contribution in [2.75, 3.05) is 0 Å². The van der Waals surface area contributed by atoms with Crippen LogP contribution in [-0.2, 0) is 16.2 Å². The van der Waals surface area contributed by atoms with Gasteiger partial charge in [-0.25, -0.2) is 4.79 Å². The number of halogens is 2. The molecule has 0 radical (unpaired) electrons. The van der Waals surface area contributed by atoms with E-state index >= 15 is 0 Å². The van der Waals surface area contributed by atoms with Gasteiger partial charge in [-0.05, 0) is 81.4 Å². The molecule has 1 aliphatic heterocycles. The van der Waals surface area contributed by atoms with Crippen LogP contribution < -0.4 is 15.4 Å². The standard InChI is InChI=1S/C19H14I2N2O4/c1-10-3-2-4-11(5-10)9-27-16-14(20)7-12(8-15(16)21)6-13-17(24)22-19(26)23-18(13)25/h2-8H,9H2,1H3,(H2,22,23,24,25,26). The highest BCUT2D eigenvalue weighted by atomic mass is 127. The summed E-state index contributed by atoms with van der Waals surface area (Å²) in [5.41, 5.74) is 2.80. The second kappa shape index (κ2) is 8.38. The van der Waals surface area contributed by atoms with Crippen molar-refractivity contribution in [3.8, 4) is 5.75 Å². The normalized spacial score (nSPS) is 13.9. The van der Waals surface area contributed by atoms with Crippen LogP contribution >= 0.6 is 45.2 Å². The summed E-state index contributed by atoms with van der Waals surface area (Å²) in [5, 5.41) is 4.11. The molecule has 0 bridgehead atoms. The minimum atomic E-state index is -0.814. The molecular weight excluding hydrogens is 574 g/mol. The SMILES string of the molecule is Cc1cccc(COc2c(I)cc(C=C3C(=O)NC(=O)NC3=O)cc2I)c1. The van der Waals surface area contributed by atoms with Crippen molar-refractivity contribution in [2.24, 2.45) is 0 Å². The van der Waals surface area contributed by atoms with Crippen LogP contribution in [0.2, 0.25) is 0 Å². The van der Waals surface area contributed by atoms with Crippen molar-refractivity contribution in [2.45, 2.75) is 13.5 Å². The zero-order valence-corrected chi connectivity index (χ0v) is 18.5. The zero-order valence-electron chi connectivity index (χ0n) is 14.1. The Hall–Kier alpha value is -1.95. The molecule has 0 atom stereocenters. The molecule has 6 nitrogen and oxygen atoms in total. The van der Waals surface area contributed by atoms with Crippen LogP contribution in [0.15, 0.2) is 42.0 Å². The van der Waals surface area contributed by atoms with Gasteiger partial charge < -0.3 is 4.74 Å². The predicted molar refractivity (Wildman–Crippen MR) is 117 cm³/mol. The number of urea groups is 1. The molecule has 8 heteroatoms. The number of hydrogen-bond acceptors (Lipinski definition) is 4. The number of amides is 4. The summed E-state index contributed by atoms with van der Waals surface area (Å²) in [4.78, 5) is 34.8. The van der Waals surface area contributed by atoms with Gasteiger partial charge in [-0.15, -0.1) is 0 Å². The summed E-state index contributed by atoms with van der Waals surface area (Å²) in [6.07, 6.45) is 1.45. The molecule has 1 saturated heterocycles. The van der Waals surface area contributed by atoms with Crippen LogP contribution in [0.4, 0.5) is 4.79 Å². The maximum atomic E-state index is 11.9. The lowest BCUT2D eigenvalue weighted by molar-refractivity contribution is -0.123. The number of barbiturate groups is 1. The molecule has 1 aliphatic rings. The Morgan fingerprint density at radius 3 is 2.22 bits per heavy atom. The molecule has 138 valence electrons. The molecular formula is C19H14I2N2O4. The minimum Gasteiger partial charge on any atom is -0.487 e. The first-order chi connectivity index (χ1) is 12.8. The van der Waals surface area contributed by atoms with E-state index < -0.39 is 17.8 Å². The first-order valence-corrected chi connectivity index (χ1v) is 10.0. The molecule has 2 aromatic carbocycles. The van der Waals surface area contributed by atoms with Crippen LogP contribution in [0.3, 0.4) is 0 Å². The maximum Gasteiger partial charge on any atom is 0.328 e. The Morgan fingerprint density at radius 1 is 1.00 bits per heavy atom. The third-order valence-corrected chi connectivity index (χ3v) is 5.34. The van der Waals surface area contributed by atoms with Gasteiger partial charge in [0.1, 0.15) is 17.9 Å². The van der Waals surface area contributed by atoms with Gasteiger partial charge in [-0.2, -0.15) is 0 Å². The summed E-state index contributed by atoms with van der Waals surface area (Å²) < 4.78 is 7.68. The predicted octanol–water partition coefficient (Wildman–Crippen LogP) is 3.53. The fourth-order valence-corrected chi connectivity index (χ4v) is 4.66. The van der Waals surface area contributed by atoms with E-state index in [1.165, 1.54) is 11.6 Å². The summed E-state index contributed by atoms with van der Waals surface area (Å²) in [7, 11) is 0. The van der Waals surface area contributed by atoms with Crippen LogP contribution in [0.5, 0.6) is 5.75 Å². The number of imide groups is 2. The topological polar surface area (TPSA) is 84.5 Å². The molecule has 4 amide bonds. The summed E-state index contributed by atoms with van der Waals surface area (Å²) in [6.45, 7) is 2.48. The second-order valence-corrected chi connectivity index (χ2v) is 8.21. The van der Waals surface area contributed by atoms with Gasteiger partial charge in [0.2, 0.25) is 0 Å². The third kappa shape index (κ3) is 4.86. The molecule has 0 unspecified atom stereocenters. The van der Waals surface area contributed by atoms with Crippen molar-refractivity contribution < 1.29 is 19.1 Å². The van der Waals surface area contributed by atoms with E-state index in [0.717, 1.165) is 18.5 Å². The largest absolute Gasteiger partial charge is 0.487 e. The van der Waals surface area contributed by atoms with E-state index in [1.807, 2.05) is 37.3 Å². The molecule has 1 fully saturated rings. The van der Waals surface area contributed by atoms with E-state index in [0.29, 0.717) is 12.2 Å². The van der Waals surface area contributed by atoms with E-state index in [9.17, 15) is 14.4 Å². The van der Waals surface area contributed by atoms with E-state index in [2.05, 4.69) is 61.9 Å². The van der Waals surface area contributed by atoms with E-state index in [1.54, 1.807) is 0 Å². The Balaban J connectivity index is 1.82. The van der Waals surface area contributed by atoms with Crippen LogP contribution in [-0.4, -0.2) is 17.8 Å². The Kier molecular flexibility index (Phi) is 6.15. The average molecular weight is 588 g/mol. The molecule has 27 heavy (non-hydrogen) atoms. The summed E-state index contributed by atoms with van der Waals surface area (Å²) in [6, 6.07) is 10.9. The van der Waals surface area contributed by atoms with E-state index in [-0.39, 0.29) is 5.57 Å². The number of carbonyl (C=O) groups is 3. The lowest BCUT2D eigenvalue weighted by Gasteiger charge is -2.15. The van der Waals surface area contributed by atoms with Gasteiger partial charge >= 0.3 is 6.03 Å². The number of carbonyl (C=O) groups excluding carboxylic acids is 3. The lowest BCUT2D eigenvalue weighted by Crippen LogP contribution is -2.51. The average Bonchev–Trinajstić information content (AvgIpc) is 2.57. The smallest absolute Gasteiger partial charge is 0.328 e. The van der Waals surface area contributed by atoms with Crippen LogP contribution in [0.1, 0.15) is 16.7 Å². The van der Waals surface area contributed by atoms with Crippen molar-refractivity contribution in [1.29, 1.82) is 0 Å². The van der Waals surface area contributed by atoms with Crippen molar-refractivity contribution in [3.05, 3.63) is 65.8 Å². The lowest BCUT2D eigenvalue weighted by atomic mass is 10.1. The number of benzene rings is 2. The molecule has 2 N–H and O–H groups in total. The van der Waals surface area contributed by atoms with Crippen LogP contribution in [0, 0.1) is 14.1 Å². The fourth-order valence-electron chi connectivity index (χ4n) is 2.53. The number of nitrogens with one attached hydrogen (secondary N) is 2. The first kappa shape index (κ1) is 19.8. The highest BCUT2D eigenvalue weighted by Crippen LogP contribution is 2.30. The zero-order chi connectivity index (χ0) is 19.6. The maximum absolute atomic E-state index is 11.9. The molecule has 0 spiro atoms. The Labute approximate surface area is 183 Å². The molecule has 0 saturated carbocycles. The minimum absolute atomic E-state index is 0.116. The monoisotopic (exact) mass is 588 g/mol. The molecule has 0 aliphatic carbocycles. The quantitative estimate of drug-likeness (QED) is 0.326.